The Morgan fingerprint density at radius 2 is 1.61 bits per heavy atom. The minimum atomic E-state index is -0.551. The number of aromatic nitrogens is 1. The molecule has 0 unspecified atom stereocenters. The third-order valence-corrected chi connectivity index (χ3v) is 3.62. The highest BCUT2D eigenvalue weighted by atomic mass is 16.2. The molecule has 0 saturated heterocycles. The fourth-order valence-electron chi connectivity index (χ4n) is 2.51. The minimum absolute atomic E-state index is 0.249. The highest BCUT2D eigenvalue weighted by Gasteiger charge is 2.15. The maximum Gasteiger partial charge on any atom is 0.252 e. The third-order valence-electron chi connectivity index (χ3n) is 3.62. The first-order chi connectivity index (χ1) is 11.2. The van der Waals surface area contributed by atoms with E-state index < -0.39 is 5.91 Å². The molecule has 0 saturated carbocycles. The molecule has 0 atom stereocenters. The second kappa shape index (κ2) is 6.27. The van der Waals surface area contributed by atoms with Crippen LogP contribution in [0.4, 0.5) is 0 Å². The number of pyridine rings is 1. The summed E-state index contributed by atoms with van der Waals surface area (Å²) < 4.78 is 0. The van der Waals surface area contributed by atoms with Gasteiger partial charge < -0.3 is 11.1 Å². The quantitative estimate of drug-likeness (QED) is 0.775. The zero-order valence-electron chi connectivity index (χ0n) is 12.3. The van der Waals surface area contributed by atoms with Gasteiger partial charge in [-0.3, -0.25) is 14.6 Å². The Labute approximate surface area is 133 Å². The summed E-state index contributed by atoms with van der Waals surface area (Å²) in [6.45, 7) is 0.385. The Kier molecular flexibility index (Phi) is 4.01. The Bertz CT molecular complexity index is 871. The number of nitrogens with two attached hydrogens (primary N) is 1. The van der Waals surface area contributed by atoms with Crippen LogP contribution in [0.1, 0.15) is 26.3 Å². The lowest BCUT2D eigenvalue weighted by Gasteiger charge is -2.10. The van der Waals surface area contributed by atoms with Crippen molar-refractivity contribution in [3.63, 3.8) is 0 Å². The second-order valence-electron chi connectivity index (χ2n) is 5.11. The lowest BCUT2D eigenvalue weighted by molar-refractivity contribution is 0.0952. The molecular weight excluding hydrogens is 290 g/mol. The first-order valence-corrected chi connectivity index (χ1v) is 7.15. The van der Waals surface area contributed by atoms with Crippen molar-refractivity contribution >= 4 is 22.6 Å². The summed E-state index contributed by atoms with van der Waals surface area (Å²) in [4.78, 5) is 28.1. The number of fused-ring (bicyclic) bond motifs is 1. The molecule has 3 N–H and O–H groups in total. The van der Waals surface area contributed by atoms with Gasteiger partial charge >= 0.3 is 0 Å². The van der Waals surface area contributed by atoms with E-state index in [0.29, 0.717) is 23.1 Å². The lowest BCUT2D eigenvalue weighted by atomic mass is 9.98. The van der Waals surface area contributed by atoms with E-state index in [2.05, 4.69) is 10.3 Å². The minimum Gasteiger partial charge on any atom is -0.366 e. The van der Waals surface area contributed by atoms with Crippen molar-refractivity contribution in [2.24, 2.45) is 5.73 Å². The van der Waals surface area contributed by atoms with Gasteiger partial charge in [0.25, 0.3) is 5.91 Å². The normalized spacial score (nSPS) is 10.4. The Balaban J connectivity index is 1.96. The van der Waals surface area contributed by atoms with Crippen molar-refractivity contribution in [1.29, 1.82) is 0 Å². The summed E-state index contributed by atoms with van der Waals surface area (Å²) in [5.41, 5.74) is 7.16. The molecule has 5 nitrogen and oxygen atoms in total. The SMILES string of the molecule is NC(=O)c1cccc2cccc(C(=O)NCc3ccncc3)c12. The Morgan fingerprint density at radius 3 is 2.26 bits per heavy atom. The van der Waals surface area contributed by atoms with Crippen LogP contribution in [0.25, 0.3) is 10.8 Å². The van der Waals surface area contributed by atoms with Gasteiger partial charge in [-0.25, -0.2) is 0 Å². The smallest absolute Gasteiger partial charge is 0.252 e. The van der Waals surface area contributed by atoms with Gasteiger partial charge in [0.1, 0.15) is 0 Å². The predicted molar refractivity (Wildman–Crippen MR) is 87.9 cm³/mol. The maximum atomic E-state index is 12.5. The van der Waals surface area contributed by atoms with E-state index >= 15 is 0 Å². The van der Waals surface area contributed by atoms with Crippen LogP contribution in [0.2, 0.25) is 0 Å². The number of benzene rings is 2. The molecule has 2 aromatic carbocycles. The standard InChI is InChI=1S/C18H15N3O2/c19-17(22)14-5-1-3-13-4-2-6-15(16(13)14)18(23)21-11-12-7-9-20-10-8-12/h1-10H,11H2,(H2,19,22)(H,21,23). The van der Waals surface area contributed by atoms with Gasteiger partial charge in [-0.2, -0.15) is 0 Å². The summed E-state index contributed by atoms with van der Waals surface area (Å²) in [5.74, 6) is -0.800. The number of hydrogen-bond donors (Lipinski definition) is 2. The van der Waals surface area contributed by atoms with Gasteiger partial charge in [0.05, 0.1) is 0 Å². The van der Waals surface area contributed by atoms with Crippen LogP contribution >= 0.6 is 0 Å². The van der Waals surface area contributed by atoms with E-state index in [1.54, 1.807) is 36.7 Å². The average Bonchev–Trinajstić information content (AvgIpc) is 2.59. The topological polar surface area (TPSA) is 85.1 Å². The Hall–Kier alpha value is -3.21. The van der Waals surface area contributed by atoms with Crippen molar-refractivity contribution < 1.29 is 9.59 Å². The molecule has 1 heterocycles. The molecule has 1 aromatic heterocycles. The van der Waals surface area contributed by atoms with E-state index in [4.69, 9.17) is 5.73 Å². The van der Waals surface area contributed by atoms with Crippen molar-refractivity contribution in [3.8, 4) is 0 Å². The average molecular weight is 305 g/mol. The highest BCUT2D eigenvalue weighted by molar-refractivity contribution is 6.15. The van der Waals surface area contributed by atoms with Crippen LogP contribution in [0.5, 0.6) is 0 Å². The molecule has 0 spiro atoms. The molecule has 5 heteroatoms. The Morgan fingerprint density at radius 1 is 0.957 bits per heavy atom. The van der Waals surface area contributed by atoms with Crippen molar-refractivity contribution in [2.45, 2.75) is 6.54 Å². The van der Waals surface area contributed by atoms with E-state index in [-0.39, 0.29) is 5.91 Å². The molecule has 2 amide bonds. The zero-order valence-corrected chi connectivity index (χ0v) is 12.3. The number of nitrogens with one attached hydrogen (secondary N) is 1. The molecule has 0 aliphatic carbocycles. The molecule has 114 valence electrons. The molecule has 23 heavy (non-hydrogen) atoms. The van der Waals surface area contributed by atoms with E-state index in [9.17, 15) is 9.59 Å². The first kappa shape index (κ1) is 14.7. The fraction of sp³-hybridized carbons (Fsp3) is 0.0556. The number of carbonyl (C=O) groups excluding carboxylic acids is 2. The molecule has 0 aliphatic rings. The number of primary amides is 1. The van der Waals surface area contributed by atoms with Crippen molar-refractivity contribution in [3.05, 3.63) is 77.6 Å². The number of rotatable bonds is 4. The van der Waals surface area contributed by atoms with Crippen LogP contribution < -0.4 is 11.1 Å². The first-order valence-electron chi connectivity index (χ1n) is 7.15. The van der Waals surface area contributed by atoms with E-state index in [1.807, 2.05) is 24.3 Å². The van der Waals surface area contributed by atoms with Crippen molar-refractivity contribution in [1.82, 2.24) is 10.3 Å². The molecule has 3 rings (SSSR count). The highest BCUT2D eigenvalue weighted by Crippen LogP contribution is 2.23. The van der Waals surface area contributed by atoms with Crippen LogP contribution in [0, 0.1) is 0 Å². The van der Waals surface area contributed by atoms with Gasteiger partial charge in [0.15, 0.2) is 0 Å². The number of carbonyl (C=O) groups is 2. The van der Waals surface area contributed by atoms with Crippen LogP contribution in [-0.4, -0.2) is 16.8 Å². The molecule has 0 radical (unpaired) electrons. The molecule has 3 aromatic rings. The van der Waals surface area contributed by atoms with Gasteiger partial charge in [-0.1, -0.05) is 24.3 Å². The molecular formula is C18H15N3O2. The molecule has 0 bridgehead atoms. The fourth-order valence-corrected chi connectivity index (χ4v) is 2.51. The van der Waals surface area contributed by atoms with E-state index in [1.165, 1.54) is 0 Å². The summed E-state index contributed by atoms with van der Waals surface area (Å²) in [7, 11) is 0. The number of nitrogens with zero attached hydrogens (tertiary/aromatic N) is 1. The van der Waals surface area contributed by atoms with Gasteiger partial charge in [-0.05, 0) is 35.2 Å². The van der Waals surface area contributed by atoms with Gasteiger partial charge in [0.2, 0.25) is 5.91 Å². The lowest BCUT2D eigenvalue weighted by Crippen LogP contribution is -2.24. The number of amides is 2. The van der Waals surface area contributed by atoms with E-state index in [0.717, 1.165) is 10.9 Å². The third kappa shape index (κ3) is 3.03. The monoisotopic (exact) mass is 305 g/mol. The van der Waals surface area contributed by atoms with Crippen LogP contribution in [-0.2, 0) is 6.54 Å². The van der Waals surface area contributed by atoms with Gasteiger partial charge in [0, 0.05) is 35.5 Å². The summed E-state index contributed by atoms with van der Waals surface area (Å²) in [6.07, 6.45) is 3.34. The predicted octanol–water partition coefficient (Wildman–Crippen LogP) is 2.26. The zero-order chi connectivity index (χ0) is 16.2. The summed E-state index contributed by atoms with van der Waals surface area (Å²) in [5, 5.41) is 4.24. The van der Waals surface area contributed by atoms with Crippen LogP contribution in [0.15, 0.2) is 60.9 Å². The summed E-state index contributed by atoms with van der Waals surface area (Å²) >= 11 is 0. The second-order valence-corrected chi connectivity index (χ2v) is 5.11. The van der Waals surface area contributed by atoms with Crippen molar-refractivity contribution in [2.75, 3.05) is 0 Å². The molecule has 0 fully saturated rings. The van der Waals surface area contributed by atoms with Crippen LogP contribution in [0.3, 0.4) is 0 Å². The maximum absolute atomic E-state index is 12.5. The summed E-state index contributed by atoms with van der Waals surface area (Å²) in [6, 6.07) is 14.2. The largest absolute Gasteiger partial charge is 0.366 e. The number of hydrogen-bond acceptors (Lipinski definition) is 3. The molecule has 0 aliphatic heterocycles. The van der Waals surface area contributed by atoms with Gasteiger partial charge in [-0.15, -0.1) is 0 Å².